The zero-order valence-electron chi connectivity index (χ0n) is 12.1. The number of anilines is 1. The Morgan fingerprint density at radius 2 is 2.21 bits per heavy atom. The molecule has 0 spiro atoms. The molecule has 19 heavy (non-hydrogen) atoms. The van der Waals surface area contributed by atoms with Crippen molar-refractivity contribution in [3.8, 4) is 0 Å². The summed E-state index contributed by atoms with van der Waals surface area (Å²) in [6, 6.07) is 0. The normalized spacial score (nSPS) is 10.7. The second-order valence-electron chi connectivity index (χ2n) is 4.62. The lowest BCUT2D eigenvalue weighted by Crippen LogP contribution is -2.25. The van der Waals surface area contributed by atoms with Crippen molar-refractivity contribution in [2.24, 2.45) is 0 Å². The van der Waals surface area contributed by atoms with Gasteiger partial charge in [-0.2, -0.15) is 5.10 Å². The van der Waals surface area contributed by atoms with Crippen LogP contribution in [-0.4, -0.2) is 41.9 Å². The minimum absolute atomic E-state index is 0.125. The molecule has 0 radical (unpaired) electrons. The van der Waals surface area contributed by atoms with Crippen molar-refractivity contribution in [1.29, 1.82) is 0 Å². The molecule has 0 unspecified atom stereocenters. The van der Waals surface area contributed by atoms with Crippen LogP contribution in [0.3, 0.4) is 0 Å². The summed E-state index contributed by atoms with van der Waals surface area (Å²) in [4.78, 5) is 12.8. The SMILES string of the molecule is CCCn1nc(C)c([N+](=O)[O-])c1N(C)CCCNC. The quantitative estimate of drug-likeness (QED) is 0.440. The van der Waals surface area contributed by atoms with E-state index in [-0.39, 0.29) is 10.6 Å². The van der Waals surface area contributed by atoms with E-state index in [0.717, 1.165) is 25.9 Å². The Balaban J connectivity index is 3.03. The summed E-state index contributed by atoms with van der Waals surface area (Å²) in [7, 11) is 3.78. The van der Waals surface area contributed by atoms with E-state index < -0.39 is 0 Å². The topological polar surface area (TPSA) is 76.2 Å². The summed E-state index contributed by atoms with van der Waals surface area (Å²) in [6.45, 7) is 6.07. The molecule has 0 aromatic carbocycles. The predicted molar refractivity (Wildman–Crippen MR) is 75.7 cm³/mol. The first-order chi connectivity index (χ1) is 9.02. The van der Waals surface area contributed by atoms with Crippen molar-refractivity contribution in [2.45, 2.75) is 33.2 Å². The van der Waals surface area contributed by atoms with Gasteiger partial charge in [-0.25, -0.2) is 4.68 Å². The Kier molecular flexibility index (Phi) is 5.75. The molecule has 7 heteroatoms. The maximum atomic E-state index is 11.2. The van der Waals surface area contributed by atoms with Crippen LogP contribution in [0.1, 0.15) is 25.5 Å². The maximum absolute atomic E-state index is 11.2. The first kappa shape index (κ1) is 15.4. The highest BCUT2D eigenvalue weighted by Gasteiger charge is 2.27. The molecule has 0 aliphatic rings. The molecule has 1 heterocycles. The van der Waals surface area contributed by atoms with E-state index in [1.165, 1.54) is 0 Å². The van der Waals surface area contributed by atoms with Crippen molar-refractivity contribution in [2.75, 3.05) is 32.1 Å². The number of aromatic nitrogens is 2. The summed E-state index contributed by atoms with van der Waals surface area (Å²) in [5.74, 6) is 0.612. The standard InChI is InChI=1S/C12H23N5O2/c1-5-8-16-12(15(4)9-6-7-13-3)11(17(18)19)10(2)14-16/h13H,5-9H2,1-4H3. The van der Waals surface area contributed by atoms with Gasteiger partial charge in [0.2, 0.25) is 5.82 Å². The van der Waals surface area contributed by atoms with E-state index >= 15 is 0 Å². The molecule has 108 valence electrons. The van der Waals surface area contributed by atoms with Crippen molar-refractivity contribution in [3.63, 3.8) is 0 Å². The Morgan fingerprint density at radius 1 is 1.53 bits per heavy atom. The van der Waals surface area contributed by atoms with E-state index in [4.69, 9.17) is 0 Å². The number of hydrogen-bond donors (Lipinski definition) is 1. The summed E-state index contributed by atoms with van der Waals surface area (Å²) in [5, 5.41) is 18.6. The Labute approximate surface area is 113 Å². The molecule has 7 nitrogen and oxygen atoms in total. The van der Waals surface area contributed by atoms with E-state index in [0.29, 0.717) is 18.1 Å². The highest BCUT2D eigenvalue weighted by Crippen LogP contribution is 2.31. The zero-order valence-corrected chi connectivity index (χ0v) is 12.1. The van der Waals surface area contributed by atoms with Gasteiger partial charge in [0.05, 0.1) is 4.92 Å². The Morgan fingerprint density at radius 3 is 2.74 bits per heavy atom. The van der Waals surface area contributed by atoms with E-state index in [1.807, 2.05) is 25.9 Å². The van der Waals surface area contributed by atoms with Crippen LogP contribution < -0.4 is 10.2 Å². The molecule has 0 fully saturated rings. The summed E-state index contributed by atoms with van der Waals surface area (Å²) in [5.41, 5.74) is 0.606. The molecule has 0 atom stereocenters. The maximum Gasteiger partial charge on any atom is 0.333 e. The number of nitrogens with zero attached hydrogens (tertiary/aromatic N) is 4. The van der Waals surface area contributed by atoms with E-state index in [9.17, 15) is 10.1 Å². The fraction of sp³-hybridized carbons (Fsp3) is 0.750. The van der Waals surface area contributed by atoms with Gasteiger partial charge in [0.1, 0.15) is 5.69 Å². The van der Waals surface area contributed by atoms with Crippen LogP contribution in [0.25, 0.3) is 0 Å². The first-order valence-corrected chi connectivity index (χ1v) is 6.60. The lowest BCUT2D eigenvalue weighted by Gasteiger charge is -2.19. The summed E-state index contributed by atoms with van der Waals surface area (Å²) < 4.78 is 1.74. The van der Waals surface area contributed by atoms with Crippen molar-refractivity contribution in [1.82, 2.24) is 15.1 Å². The van der Waals surface area contributed by atoms with Gasteiger partial charge >= 0.3 is 5.69 Å². The number of rotatable bonds is 8. The molecule has 0 saturated heterocycles. The van der Waals surface area contributed by atoms with Gasteiger partial charge in [-0.05, 0) is 33.4 Å². The van der Waals surface area contributed by atoms with Gasteiger partial charge in [-0.3, -0.25) is 10.1 Å². The predicted octanol–water partition coefficient (Wildman–Crippen LogP) is 1.56. The highest BCUT2D eigenvalue weighted by molar-refractivity contribution is 5.60. The fourth-order valence-electron chi connectivity index (χ4n) is 2.12. The van der Waals surface area contributed by atoms with Crippen LogP contribution in [0.15, 0.2) is 0 Å². The van der Waals surface area contributed by atoms with Gasteiger partial charge in [0.15, 0.2) is 0 Å². The largest absolute Gasteiger partial charge is 0.354 e. The number of nitro groups is 1. The van der Waals surface area contributed by atoms with Crippen LogP contribution in [0.2, 0.25) is 0 Å². The molecule has 0 amide bonds. The smallest absolute Gasteiger partial charge is 0.333 e. The summed E-state index contributed by atoms with van der Waals surface area (Å²) in [6.07, 6.45) is 1.83. The summed E-state index contributed by atoms with van der Waals surface area (Å²) >= 11 is 0. The molecule has 0 saturated carbocycles. The Bertz CT molecular complexity index is 430. The molecule has 1 aromatic rings. The third kappa shape index (κ3) is 3.66. The van der Waals surface area contributed by atoms with Crippen LogP contribution in [-0.2, 0) is 6.54 Å². The minimum atomic E-state index is -0.335. The van der Waals surface area contributed by atoms with Crippen molar-refractivity contribution in [3.05, 3.63) is 15.8 Å². The van der Waals surface area contributed by atoms with Crippen molar-refractivity contribution >= 4 is 11.5 Å². The van der Waals surface area contributed by atoms with Crippen LogP contribution >= 0.6 is 0 Å². The third-order valence-electron chi connectivity index (χ3n) is 2.97. The molecule has 0 bridgehead atoms. The van der Waals surface area contributed by atoms with E-state index in [1.54, 1.807) is 11.6 Å². The molecule has 1 aromatic heterocycles. The van der Waals surface area contributed by atoms with Crippen LogP contribution in [0.5, 0.6) is 0 Å². The average Bonchev–Trinajstić information content (AvgIpc) is 2.66. The van der Waals surface area contributed by atoms with Crippen LogP contribution in [0.4, 0.5) is 11.5 Å². The minimum Gasteiger partial charge on any atom is -0.354 e. The van der Waals surface area contributed by atoms with E-state index in [2.05, 4.69) is 10.4 Å². The third-order valence-corrected chi connectivity index (χ3v) is 2.97. The lowest BCUT2D eigenvalue weighted by molar-refractivity contribution is -0.384. The van der Waals surface area contributed by atoms with Gasteiger partial charge in [0, 0.05) is 20.1 Å². The second kappa shape index (κ2) is 7.08. The molecular weight excluding hydrogens is 246 g/mol. The fourth-order valence-corrected chi connectivity index (χ4v) is 2.12. The number of aryl methyl sites for hydroxylation is 2. The van der Waals surface area contributed by atoms with Gasteiger partial charge in [-0.1, -0.05) is 6.92 Å². The number of nitrogens with one attached hydrogen (secondary N) is 1. The highest BCUT2D eigenvalue weighted by atomic mass is 16.6. The molecule has 0 aliphatic heterocycles. The molecular formula is C12H23N5O2. The monoisotopic (exact) mass is 269 g/mol. The second-order valence-corrected chi connectivity index (χ2v) is 4.62. The molecule has 1 rings (SSSR count). The first-order valence-electron chi connectivity index (χ1n) is 6.60. The van der Waals surface area contributed by atoms with Gasteiger partial charge < -0.3 is 10.2 Å². The van der Waals surface area contributed by atoms with Gasteiger partial charge in [-0.15, -0.1) is 0 Å². The molecule has 0 aliphatic carbocycles. The number of hydrogen-bond acceptors (Lipinski definition) is 5. The average molecular weight is 269 g/mol. The lowest BCUT2D eigenvalue weighted by atomic mass is 10.3. The van der Waals surface area contributed by atoms with Crippen LogP contribution in [0, 0.1) is 17.0 Å². The van der Waals surface area contributed by atoms with Crippen molar-refractivity contribution < 1.29 is 4.92 Å². The zero-order chi connectivity index (χ0) is 14.4. The van der Waals surface area contributed by atoms with Gasteiger partial charge in [0.25, 0.3) is 0 Å². The molecule has 1 N–H and O–H groups in total. The Hall–Kier alpha value is -1.63.